The van der Waals surface area contributed by atoms with E-state index in [1.54, 1.807) is 13.8 Å². The summed E-state index contributed by atoms with van der Waals surface area (Å²) in [6, 6.07) is 23.2. The molecule has 3 aromatic rings. The topological polar surface area (TPSA) is 12.0 Å². The molecule has 0 aliphatic rings. The molecule has 200 valence electrons. The van der Waals surface area contributed by atoms with E-state index in [4.69, 9.17) is 6.42 Å². The molecule has 0 radical (unpaired) electrons. The third-order valence-corrected chi connectivity index (χ3v) is 7.70. The molecule has 1 unspecified atom stereocenters. The number of aryl methyl sites for hydroxylation is 1. The summed E-state index contributed by atoms with van der Waals surface area (Å²) >= 11 is 0. The second kappa shape index (κ2) is 13.0. The smallest absolute Gasteiger partial charge is 0.130 e. The number of alkyl halides is 1. The fourth-order valence-corrected chi connectivity index (χ4v) is 5.60. The number of hydrogen-bond donors (Lipinski definition) is 1. The van der Waals surface area contributed by atoms with Crippen LogP contribution in [-0.4, -0.2) is 0 Å². The molecule has 1 N–H and O–H groups in total. The lowest BCUT2D eigenvalue weighted by Gasteiger charge is -2.35. The number of hydrogen-bond acceptors (Lipinski definition) is 1. The Morgan fingerprint density at radius 1 is 0.921 bits per heavy atom. The summed E-state index contributed by atoms with van der Waals surface area (Å²) in [5, 5.41) is 3.47. The Kier molecular flexibility index (Phi) is 9.98. The van der Waals surface area contributed by atoms with Crippen molar-refractivity contribution in [3.63, 3.8) is 0 Å². The molecular weight excluding hydrogens is 465 g/mol. The molecule has 0 aliphatic carbocycles. The van der Waals surface area contributed by atoms with Crippen molar-refractivity contribution in [2.75, 3.05) is 5.32 Å². The van der Waals surface area contributed by atoms with Crippen LogP contribution in [0.25, 0.3) is 11.1 Å². The van der Waals surface area contributed by atoms with E-state index in [1.807, 2.05) is 37.3 Å². The highest BCUT2D eigenvalue weighted by Crippen LogP contribution is 2.41. The lowest BCUT2D eigenvalue weighted by atomic mass is 9.69. The van der Waals surface area contributed by atoms with Gasteiger partial charge in [0.1, 0.15) is 5.67 Å². The molecular formula is C36H44FN. The minimum Gasteiger partial charge on any atom is -0.359 e. The average molecular weight is 510 g/mol. The van der Waals surface area contributed by atoms with Crippen molar-refractivity contribution in [1.82, 2.24) is 0 Å². The minimum absolute atomic E-state index is 0.0912. The molecule has 0 saturated heterocycles. The maximum absolute atomic E-state index is 14.7. The zero-order valence-corrected chi connectivity index (χ0v) is 24.0. The average Bonchev–Trinajstić information content (AvgIpc) is 2.91. The number of halogens is 1. The van der Waals surface area contributed by atoms with Crippen LogP contribution in [0.3, 0.4) is 0 Å². The first-order chi connectivity index (χ1) is 18.1. The summed E-state index contributed by atoms with van der Waals surface area (Å²) in [6.07, 6.45) is 13.3. The Hall–Kier alpha value is -3.31. The third kappa shape index (κ3) is 7.38. The molecule has 3 aromatic carbocycles. The first-order valence-corrected chi connectivity index (χ1v) is 14.0. The first kappa shape index (κ1) is 29.2. The second-order valence-electron chi connectivity index (χ2n) is 11.2. The van der Waals surface area contributed by atoms with Gasteiger partial charge in [0, 0.05) is 16.9 Å². The lowest BCUT2D eigenvalue weighted by Crippen LogP contribution is -2.27. The van der Waals surface area contributed by atoms with Gasteiger partial charge in [-0.1, -0.05) is 88.1 Å². The quantitative estimate of drug-likeness (QED) is 0.226. The van der Waals surface area contributed by atoms with E-state index in [0.29, 0.717) is 5.56 Å². The highest BCUT2D eigenvalue weighted by Gasteiger charge is 2.31. The zero-order valence-electron chi connectivity index (χ0n) is 24.0. The summed E-state index contributed by atoms with van der Waals surface area (Å²) in [7, 11) is 0. The number of rotatable bonds is 13. The van der Waals surface area contributed by atoms with Crippen LogP contribution >= 0.6 is 0 Å². The second-order valence-corrected chi connectivity index (χ2v) is 11.2. The number of terminal acetylenes is 1. The van der Waals surface area contributed by atoms with Crippen LogP contribution in [0.1, 0.15) is 94.9 Å². The molecule has 38 heavy (non-hydrogen) atoms. The Morgan fingerprint density at radius 2 is 1.66 bits per heavy atom. The van der Waals surface area contributed by atoms with E-state index in [-0.39, 0.29) is 5.41 Å². The largest absolute Gasteiger partial charge is 0.359 e. The summed E-state index contributed by atoms with van der Waals surface area (Å²) in [5.74, 6) is 2.74. The van der Waals surface area contributed by atoms with Gasteiger partial charge in [-0.2, -0.15) is 0 Å². The third-order valence-electron chi connectivity index (χ3n) is 7.70. The van der Waals surface area contributed by atoms with Crippen molar-refractivity contribution in [1.29, 1.82) is 0 Å². The summed E-state index contributed by atoms with van der Waals surface area (Å²) in [6.45, 7) is 14.1. The van der Waals surface area contributed by atoms with Gasteiger partial charge in [0.15, 0.2) is 0 Å². The molecule has 0 aliphatic heterocycles. The molecule has 0 spiro atoms. The fourth-order valence-electron chi connectivity index (χ4n) is 5.60. The van der Waals surface area contributed by atoms with Crippen LogP contribution in [-0.2, 0) is 11.1 Å². The molecule has 0 heterocycles. The van der Waals surface area contributed by atoms with Gasteiger partial charge in [0.25, 0.3) is 0 Å². The van der Waals surface area contributed by atoms with Crippen molar-refractivity contribution in [2.45, 2.75) is 90.6 Å². The van der Waals surface area contributed by atoms with Crippen LogP contribution < -0.4 is 5.32 Å². The van der Waals surface area contributed by atoms with Gasteiger partial charge in [0.2, 0.25) is 0 Å². The van der Waals surface area contributed by atoms with Crippen molar-refractivity contribution >= 4 is 5.69 Å². The van der Waals surface area contributed by atoms with E-state index >= 15 is 0 Å². The van der Waals surface area contributed by atoms with Crippen LogP contribution in [0.2, 0.25) is 0 Å². The normalized spacial score (nSPS) is 13.0. The van der Waals surface area contributed by atoms with E-state index in [1.165, 1.54) is 24.0 Å². The van der Waals surface area contributed by atoms with E-state index < -0.39 is 5.67 Å². The standard InChI is InChI=1S/C36H44FN/c1-8-11-23-36(22-9-2,32-18-16-30(17-19-32)31-14-12-13-29(10-3)25-31)24-21-28(5)38-33-20-15-27(4)34(26-33)35(6,7)37/h3,12-20,25-26,38H,5,8-9,11,21-24H2,1-2,4,6-7H3. The van der Waals surface area contributed by atoms with Crippen LogP contribution in [0.5, 0.6) is 0 Å². The van der Waals surface area contributed by atoms with E-state index in [2.05, 4.69) is 68.1 Å². The molecule has 0 amide bonds. The van der Waals surface area contributed by atoms with Gasteiger partial charge in [-0.15, -0.1) is 6.42 Å². The summed E-state index contributed by atoms with van der Waals surface area (Å²) < 4.78 is 14.7. The molecule has 3 rings (SSSR count). The fraction of sp³-hybridized carbons (Fsp3) is 0.389. The number of nitrogens with one attached hydrogen (secondary N) is 1. The Labute approximate surface area is 230 Å². The minimum atomic E-state index is -1.38. The Bertz CT molecular complexity index is 1260. The van der Waals surface area contributed by atoms with Gasteiger partial charge in [-0.05, 0) is 104 Å². The molecule has 0 saturated carbocycles. The zero-order chi connectivity index (χ0) is 27.8. The molecule has 0 fully saturated rings. The molecule has 0 bridgehead atoms. The van der Waals surface area contributed by atoms with E-state index in [0.717, 1.165) is 60.2 Å². The maximum atomic E-state index is 14.7. The maximum Gasteiger partial charge on any atom is 0.130 e. The highest BCUT2D eigenvalue weighted by molar-refractivity contribution is 5.66. The van der Waals surface area contributed by atoms with Gasteiger partial charge in [-0.25, -0.2) is 4.39 Å². The van der Waals surface area contributed by atoms with Crippen molar-refractivity contribution in [2.24, 2.45) is 0 Å². The first-order valence-electron chi connectivity index (χ1n) is 14.0. The predicted molar refractivity (Wildman–Crippen MR) is 163 cm³/mol. The van der Waals surface area contributed by atoms with Crippen molar-refractivity contribution in [3.05, 3.63) is 101 Å². The van der Waals surface area contributed by atoms with Crippen LogP contribution in [0.15, 0.2) is 79.0 Å². The Morgan fingerprint density at radius 3 is 2.29 bits per heavy atom. The van der Waals surface area contributed by atoms with E-state index in [9.17, 15) is 4.39 Å². The Balaban J connectivity index is 1.82. The summed E-state index contributed by atoms with van der Waals surface area (Å²) in [5.41, 5.74) is 6.88. The van der Waals surface area contributed by atoms with Crippen molar-refractivity contribution in [3.8, 4) is 23.5 Å². The molecule has 1 atom stereocenters. The monoisotopic (exact) mass is 509 g/mol. The highest BCUT2D eigenvalue weighted by atomic mass is 19.1. The van der Waals surface area contributed by atoms with Crippen LogP contribution in [0, 0.1) is 19.3 Å². The van der Waals surface area contributed by atoms with Gasteiger partial charge in [-0.3, -0.25) is 0 Å². The SMILES string of the molecule is C#Cc1cccc(-c2ccc(C(CCC)(CCCC)CCC(=C)Nc3ccc(C)c(C(C)(C)F)c3)cc2)c1. The van der Waals surface area contributed by atoms with Gasteiger partial charge >= 0.3 is 0 Å². The van der Waals surface area contributed by atoms with Gasteiger partial charge < -0.3 is 5.32 Å². The molecule has 1 nitrogen and oxygen atoms in total. The van der Waals surface area contributed by atoms with Crippen LogP contribution in [0.4, 0.5) is 10.1 Å². The number of allylic oxidation sites excluding steroid dienone is 1. The van der Waals surface area contributed by atoms with Gasteiger partial charge in [0.05, 0.1) is 0 Å². The van der Waals surface area contributed by atoms with Crippen molar-refractivity contribution < 1.29 is 4.39 Å². The predicted octanol–water partition coefficient (Wildman–Crippen LogP) is 10.5. The summed E-state index contributed by atoms with van der Waals surface area (Å²) in [4.78, 5) is 0. The number of benzene rings is 3. The number of unbranched alkanes of at least 4 members (excludes halogenated alkanes) is 1. The lowest BCUT2D eigenvalue weighted by molar-refractivity contribution is 0.220. The molecule has 0 aromatic heterocycles. The number of anilines is 1. The molecule has 2 heteroatoms.